The minimum Gasteiger partial charge on any atom is -0.506 e. The van der Waals surface area contributed by atoms with Gasteiger partial charge in [0.2, 0.25) is 0 Å². The molecule has 0 spiro atoms. The van der Waals surface area contributed by atoms with E-state index in [1.165, 1.54) is 18.3 Å². The van der Waals surface area contributed by atoms with Gasteiger partial charge in [-0.25, -0.2) is 0 Å². The number of anilines is 1. The van der Waals surface area contributed by atoms with E-state index in [4.69, 9.17) is 4.52 Å². The molecule has 0 aliphatic heterocycles. The van der Waals surface area contributed by atoms with Crippen molar-refractivity contribution in [2.75, 3.05) is 5.32 Å². The van der Waals surface area contributed by atoms with Gasteiger partial charge in [-0.1, -0.05) is 5.16 Å². The molecule has 1 aromatic carbocycles. The predicted molar refractivity (Wildman–Crippen MR) is 64.0 cm³/mol. The highest BCUT2D eigenvalue weighted by Gasteiger charge is 2.16. The number of rotatable bonds is 3. The first-order valence-corrected chi connectivity index (χ1v) is 5.19. The highest BCUT2D eigenvalue weighted by atomic mass is 16.6. The number of carbonyl (C=O) groups is 1. The number of amides is 1. The van der Waals surface area contributed by atoms with Gasteiger partial charge < -0.3 is 14.9 Å². The van der Waals surface area contributed by atoms with Crippen LogP contribution in [0.1, 0.15) is 16.1 Å². The molecule has 0 atom stereocenters. The lowest BCUT2D eigenvalue weighted by Gasteiger charge is -2.05. The summed E-state index contributed by atoms with van der Waals surface area (Å²) in [5, 5.41) is 26.0. The van der Waals surface area contributed by atoms with Crippen molar-refractivity contribution in [3.05, 3.63) is 45.8 Å². The standard InChI is InChI=1S/C11H9N3O5/c1-6-8(5-12-19-6)11(16)13-9-3-2-7(14(17)18)4-10(9)15/h2-5,15H,1H3,(H,13,16). The Morgan fingerprint density at radius 3 is 2.79 bits per heavy atom. The van der Waals surface area contributed by atoms with Gasteiger partial charge in [-0.2, -0.15) is 0 Å². The van der Waals surface area contributed by atoms with Crippen molar-refractivity contribution in [3.8, 4) is 5.75 Å². The first kappa shape index (κ1) is 12.6. The first-order chi connectivity index (χ1) is 8.99. The van der Waals surface area contributed by atoms with E-state index in [-0.39, 0.29) is 16.9 Å². The number of phenols is 1. The second kappa shape index (κ2) is 4.77. The zero-order valence-corrected chi connectivity index (χ0v) is 9.78. The van der Waals surface area contributed by atoms with Crippen molar-refractivity contribution >= 4 is 17.3 Å². The molecule has 2 rings (SSSR count). The molecule has 8 nitrogen and oxygen atoms in total. The van der Waals surface area contributed by atoms with Crippen LogP contribution in [0.5, 0.6) is 5.75 Å². The van der Waals surface area contributed by atoms with Gasteiger partial charge in [-0.05, 0) is 13.0 Å². The Bertz CT molecular complexity index is 650. The van der Waals surface area contributed by atoms with Crippen molar-refractivity contribution in [1.29, 1.82) is 0 Å². The van der Waals surface area contributed by atoms with Crippen LogP contribution in [0.2, 0.25) is 0 Å². The summed E-state index contributed by atoms with van der Waals surface area (Å²) < 4.78 is 4.74. The zero-order valence-electron chi connectivity index (χ0n) is 9.78. The van der Waals surface area contributed by atoms with E-state index in [0.29, 0.717) is 5.76 Å². The largest absolute Gasteiger partial charge is 0.506 e. The molecule has 2 N–H and O–H groups in total. The molecule has 0 unspecified atom stereocenters. The molecule has 2 aromatic rings. The monoisotopic (exact) mass is 263 g/mol. The lowest BCUT2D eigenvalue weighted by molar-refractivity contribution is -0.384. The Labute approximate surface area is 106 Å². The number of nitrogens with one attached hydrogen (secondary N) is 1. The fourth-order valence-corrected chi connectivity index (χ4v) is 1.45. The fourth-order valence-electron chi connectivity index (χ4n) is 1.45. The summed E-state index contributed by atoms with van der Waals surface area (Å²) in [6.07, 6.45) is 1.24. The maximum atomic E-state index is 11.8. The van der Waals surface area contributed by atoms with E-state index >= 15 is 0 Å². The predicted octanol–water partition coefficient (Wildman–Crippen LogP) is 1.85. The van der Waals surface area contributed by atoms with Crippen molar-refractivity contribution in [1.82, 2.24) is 5.16 Å². The lowest BCUT2D eigenvalue weighted by Crippen LogP contribution is -2.12. The fraction of sp³-hybridized carbons (Fsp3) is 0.0909. The molecule has 19 heavy (non-hydrogen) atoms. The quantitative estimate of drug-likeness (QED) is 0.495. The van der Waals surface area contributed by atoms with Crippen molar-refractivity contribution < 1.29 is 19.3 Å². The van der Waals surface area contributed by atoms with Crippen LogP contribution >= 0.6 is 0 Å². The Hall–Kier alpha value is -2.90. The zero-order chi connectivity index (χ0) is 14.0. The number of benzene rings is 1. The molecule has 0 aliphatic rings. The van der Waals surface area contributed by atoms with Crippen LogP contribution in [-0.4, -0.2) is 21.1 Å². The van der Waals surface area contributed by atoms with E-state index in [1.54, 1.807) is 6.92 Å². The van der Waals surface area contributed by atoms with E-state index in [2.05, 4.69) is 10.5 Å². The van der Waals surface area contributed by atoms with Crippen molar-refractivity contribution in [2.24, 2.45) is 0 Å². The molecule has 0 saturated carbocycles. The molecule has 98 valence electrons. The second-order valence-electron chi connectivity index (χ2n) is 3.71. The van der Waals surface area contributed by atoms with Gasteiger partial charge in [0.15, 0.2) is 0 Å². The number of carbonyl (C=O) groups excluding carboxylic acids is 1. The van der Waals surface area contributed by atoms with Crippen LogP contribution in [0.25, 0.3) is 0 Å². The third-order valence-electron chi connectivity index (χ3n) is 2.44. The number of aromatic nitrogens is 1. The minimum atomic E-state index is -0.643. The SMILES string of the molecule is Cc1oncc1C(=O)Nc1ccc([N+](=O)[O-])cc1O. The number of non-ortho nitro benzene ring substituents is 1. The molecule has 0 fully saturated rings. The maximum absolute atomic E-state index is 11.8. The highest BCUT2D eigenvalue weighted by Crippen LogP contribution is 2.28. The van der Waals surface area contributed by atoms with Crippen molar-refractivity contribution in [3.63, 3.8) is 0 Å². The average Bonchev–Trinajstić information content (AvgIpc) is 2.77. The number of aryl methyl sites for hydroxylation is 1. The molecular weight excluding hydrogens is 254 g/mol. The number of nitro benzene ring substituents is 1. The topological polar surface area (TPSA) is 119 Å². The van der Waals surface area contributed by atoms with Crippen LogP contribution in [0, 0.1) is 17.0 Å². The van der Waals surface area contributed by atoms with Gasteiger partial charge in [-0.15, -0.1) is 0 Å². The Kier molecular flexibility index (Phi) is 3.15. The normalized spacial score (nSPS) is 10.2. The average molecular weight is 263 g/mol. The Morgan fingerprint density at radius 2 is 2.26 bits per heavy atom. The molecule has 1 heterocycles. The summed E-state index contributed by atoms with van der Waals surface area (Å²) in [4.78, 5) is 21.7. The van der Waals surface area contributed by atoms with Crippen LogP contribution in [0.15, 0.2) is 28.9 Å². The maximum Gasteiger partial charge on any atom is 0.273 e. The molecule has 0 radical (unpaired) electrons. The van der Waals surface area contributed by atoms with E-state index in [9.17, 15) is 20.0 Å². The Balaban J connectivity index is 2.23. The van der Waals surface area contributed by atoms with Crippen LogP contribution in [0.3, 0.4) is 0 Å². The van der Waals surface area contributed by atoms with E-state index in [1.807, 2.05) is 0 Å². The number of phenolic OH excluding ortho intramolecular Hbond substituents is 1. The number of aromatic hydroxyl groups is 1. The molecule has 0 aliphatic carbocycles. The highest BCUT2D eigenvalue weighted by molar-refractivity contribution is 6.05. The van der Waals surface area contributed by atoms with Gasteiger partial charge in [0.25, 0.3) is 11.6 Å². The van der Waals surface area contributed by atoms with E-state index in [0.717, 1.165) is 6.07 Å². The van der Waals surface area contributed by atoms with Crippen LogP contribution in [0.4, 0.5) is 11.4 Å². The number of hydrogen-bond donors (Lipinski definition) is 2. The number of nitro groups is 1. The molecule has 1 amide bonds. The van der Waals surface area contributed by atoms with Crippen molar-refractivity contribution in [2.45, 2.75) is 6.92 Å². The molecular formula is C11H9N3O5. The third-order valence-corrected chi connectivity index (χ3v) is 2.44. The van der Waals surface area contributed by atoms with Gasteiger partial charge in [-0.3, -0.25) is 14.9 Å². The summed E-state index contributed by atoms with van der Waals surface area (Å²) in [5.41, 5.74) is 0.0191. The van der Waals surface area contributed by atoms with Gasteiger partial charge in [0.1, 0.15) is 17.1 Å². The molecule has 0 bridgehead atoms. The number of nitrogens with zero attached hydrogens (tertiary/aromatic N) is 2. The minimum absolute atomic E-state index is 0.0659. The lowest BCUT2D eigenvalue weighted by atomic mass is 10.2. The molecule has 1 aromatic heterocycles. The van der Waals surface area contributed by atoms with Gasteiger partial charge in [0.05, 0.1) is 22.9 Å². The van der Waals surface area contributed by atoms with E-state index < -0.39 is 16.6 Å². The summed E-state index contributed by atoms with van der Waals surface area (Å²) >= 11 is 0. The van der Waals surface area contributed by atoms with Crippen LogP contribution < -0.4 is 5.32 Å². The van der Waals surface area contributed by atoms with Crippen LogP contribution in [-0.2, 0) is 0 Å². The Morgan fingerprint density at radius 1 is 1.53 bits per heavy atom. The smallest absolute Gasteiger partial charge is 0.273 e. The third kappa shape index (κ3) is 2.51. The molecule has 0 saturated heterocycles. The second-order valence-corrected chi connectivity index (χ2v) is 3.71. The molecule has 8 heteroatoms. The summed E-state index contributed by atoms with van der Waals surface area (Å²) in [6, 6.07) is 3.38. The summed E-state index contributed by atoms with van der Waals surface area (Å²) in [7, 11) is 0. The summed E-state index contributed by atoms with van der Waals surface area (Å²) in [5.74, 6) is -0.585. The first-order valence-electron chi connectivity index (χ1n) is 5.19. The number of hydrogen-bond acceptors (Lipinski definition) is 6. The summed E-state index contributed by atoms with van der Waals surface area (Å²) in [6.45, 7) is 1.57. The van der Waals surface area contributed by atoms with Gasteiger partial charge >= 0.3 is 0 Å². The van der Waals surface area contributed by atoms with Gasteiger partial charge in [0, 0.05) is 6.07 Å².